The highest BCUT2D eigenvalue weighted by Gasteiger charge is 2.08. The van der Waals surface area contributed by atoms with Crippen LogP contribution in [0.25, 0.3) is 16.8 Å². The van der Waals surface area contributed by atoms with Crippen LogP contribution in [-0.2, 0) is 15.6 Å². The van der Waals surface area contributed by atoms with Crippen molar-refractivity contribution in [2.75, 3.05) is 11.6 Å². The van der Waals surface area contributed by atoms with Crippen molar-refractivity contribution in [1.82, 2.24) is 19.6 Å². The Labute approximate surface area is 134 Å². The number of carbonyl (C=O) groups excluding carboxylic acids is 1. The molecule has 0 bridgehead atoms. The van der Waals surface area contributed by atoms with Gasteiger partial charge in [-0.1, -0.05) is 0 Å². The number of nitrogens with zero attached hydrogens (tertiary/aromatic N) is 4. The standard InChI is InChI=1S/C14H13N5O2S.H2O/c1-9(20)16-14-17-13-4-3-10(8-19(13)18-14)11-5-12(22(2)21)7-15-6-11;/h3-8H,1-2H3,(H,16,18,20);1H2. The summed E-state index contributed by atoms with van der Waals surface area (Å²) in [4.78, 5) is 20.0. The molecule has 0 saturated heterocycles. The Hall–Kier alpha value is -2.65. The molecule has 0 spiro atoms. The number of pyridine rings is 2. The lowest BCUT2D eigenvalue weighted by Crippen LogP contribution is -2.07. The minimum Gasteiger partial charge on any atom is -0.412 e. The largest absolute Gasteiger partial charge is 0.412 e. The quantitative estimate of drug-likeness (QED) is 0.755. The van der Waals surface area contributed by atoms with Crippen LogP contribution in [0.2, 0.25) is 0 Å². The summed E-state index contributed by atoms with van der Waals surface area (Å²) in [5, 5.41) is 6.73. The van der Waals surface area contributed by atoms with Crippen molar-refractivity contribution in [2.24, 2.45) is 0 Å². The van der Waals surface area contributed by atoms with Crippen LogP contribution in [0, 0.1) is 0 Å². The Bertz CT molecular complexity index is 893. The van der Waals surface area contributed by atoms with Crippen molar-refractivity contribution in [2.45, 2.75) is 11.8 Å². The van der Waals surface area contributed by atoms with Gasteiger partial charge in [0.2, 0.25) is 11.9 Å². The molecule has 3 rings (SSSR count). The summed E-state index contributed by atoms with van der Waals surface area (Å²) in [5.74, 6) is 0.0321. The van der Waals surface area contributed by atoms with E-state index in [4.69, 9.17) is 0 Å². The molecule has 0 radical (unpaired) electrons. The maximum Gasteiger partial charge on any atom is 0.249 e. The van der Waals surface area contributed by atoms with Crippen LogP contribution < -0.4 is 5.32 Å². The molecule has 120 valence electrons. The van der Waals surface area contributed by atoms with Crippen molar-refractivity contribution in [1.29, 1.82) is 0 Å². The zero-order chi connectivity index (χ0) is 15.7. The van der Waals surface area contributed by atoms with Crippen LogP contribution in [0.4, 0.5) is 5.95 Å². The molecular formula is C14H15N5O3S. The second-order valence-electron chi connectivity index (χ2n) is 4.70. The number of aromatic nitrogens is 4. The number of anilines is 1. The smallest absolute Gasteiger partial charge is 0.249 e. The maximum atomic E-state index is 11.6. The fourth-order valence-electron chi connectivity index (χ4n) is 2.00. The van der Waals surface area contributed by atoms with E-state index < -0.39 is 10.8 Å². The minimum absolute atomic E-state index is 0. The van der Waals surface area contributed by atoms with Crippen LogP contribution in [-0.4, -0.2) is 41.4 Å². The molecule has 0 fully saturated rings. The predicted molar refractivity (Wildman–Crippen MR) is 86.5 cm³/mol. The number of fused-ring (bicyclic) bond motifs is 1. The summed E-state index contributed by atoms with van der Waals surface area (Å²) in [7, 11) is -1.09. The summed E-state index contributed by atoms with van der Waals surface area (Å²) < 4.78 is 13.1. The van der Waals surface area contributed by atoms with Gasteiger partial charge in [0.25, 0.3) is 0 Å². The summed E-state index contributed by atoms with van der Waals surface area (Å²) in [5.41, 5.74) is 2.33. The predicted octanol–water partition coefficient (Wildman–Crippen LogP) is 0.662. The molecule has 1 unspecified atom stereocenters. The van der Waals surface area contributed by atoms with E-state index in [1.165, 1.54) is 6.92 Å². The fraction of sp³-hybridized carbons (Fsp3) is 0.143. The molecule has 0 aliphatic carbocycles. The van der Waals surface area contributed by atoms with Gasteiger partial charge in [0.1, 0.15) is 0 Å². The van der Waals surface area contributed by atoms with Crippen LogP contribution in [0.15, 0.2) is 41.7 Å². The van der Waals surface area contributed by atoms with Crippen molar-refractivity contribution in [3.05, 3.63) is 36.8 Å². The normalized spacial score (nSPS) is 11.7. The molecule has 3 aromatic heterocycles. The number of rotatable bonds is 3. The number of hydrogen-bond acceptors (Lipinski definition) is 5. The zero-order valence-electron chi connectivity index (χ0n) is 12.5. The summed E-state index contributed by atoms with van der Waals surface area (Å²) in [6.45, 7) is 1.40. The van der Waals surface area contributed by atoms with Crippen LogP contribution in [0.3, 0.4) is 0 Å². The average Bonchev–Trinajstić information content (AvgIpc) is 2.87. The van der Waals surface area contributed by atoms with Gasteiger partial charge < -0.3 is 5.48 Å². The van der Waals surface area contributed by atoms with E-state index in [1.807, 2.05) is 12.1 Å². The van der Waals surface area contributed by atoms with Crippen LogP contribution >= 0.6 is 0 Å². The lowest BCUT2D eigenvalue weighted by atomic mass is 10.1. The molecule has 0 aromatic carbocycles. The number of hydrogen-bond donors (Lipinski definition) is 1. The molecule has 3 heterocycles. The van der Waals surface area contributed by atoms with Gasteiger partial charge in [0.15, 0.2) is 5.65 Å². The van der Waals surface area contributed by atoms with E-state index in [2.05, 4.69) is 20.4 Å². The molecule has 3 N–H and O–H groups in total. The first kappa shape index (κ1) is 16.7. The van der Waals surface area contributed by atoms with Gasteiger partial charge in [-0.25, -0.2) is 4.52 Å². The highest BCUT2D eigenvalue weighted by atomic mass is 32.2. The van der Waals surface area contributed by atoms with E-state index in [0.29, 0.717) is 10.5 Å². The summed E-state index contributed by atoms with van der Waals surface area (Å²) >= 11 is 0. The van der Waals surface area contributed by atoms with Crippen molar-refractivity contribution < 1.29 is 14.5 Å². The van der Waals surface area contributed by atoms with E-state index in [0.717, 1.165) is 11.1 Å². The molecule has 1 amide bonds. The van der Waals surface area contributed by atoms with Gasteiger partial charge in [0.05, 0.1) is 15.7 Å². The van der Waals surface area contributed by atoms with Gasteiger partial charge in [-0.2, -0.15) is 4.98 Å². The lowest BCUT2D eigenvalue weighted by molar-refractivity contribution is -0.114. The zero-order valence-corrected chi connectivity index (χ0v) is 13.3. The number of carbonyl (C=O) groups is 1. The second-order valence-corrected chi connectivity index (χ2v) is 6.08. The third-order valence-electron chi connectivity index (χ3n) is 3.00. The molecule has 0 aliphatic heterocycles. The van der Waals surface area contributed by atoms with Crippen LogP contribution in [0.5, 0.6) is 0 Å². The summed E-state index contributed by atoms with van der Waals surface area (Å²) in [6.07, 6.45) is 6.68. The Kier molecular flexibility index (Phi) is 4.82. The van der Waals surface area contributed by atoms with E-state index in [1.54, 1.807) is 35.4 Å². The number of nitrogens with one attached hydrogen (secondary N) is 1. The van der Waals surface area contributed by atoms with Gasteiger partial charge in [-0.05, 0) is 18.2 Å². The van der Waals surface area contributed by atoms with Gasteiger partial charge in [-0.3, -0.25) is 19.3 Å². The molecular weight excluding hydrogens is 318 g/mol. The second kappa shape index (κ2) is 6.63. The maximum absolute atomic E-state index is 11.6. The monoisotopic (exact) mass is 333 g/mol. The molecule has 0 saturated carbocycles. The molecule has 9 heteroatoms. The third-order valence-corrected chi connectivity index (χ3v) is 3.88. The third kappa shape index (κ3) is 3.58. The Morgan fingerprint density at radius 2 is 2.04 bits per heavy atom. The average molecular weight is 333 g/mol. The molecule has 23 heavy (non-hydrogen) atoms. The Morgan fingerprint density at radius 1 is 1.26 bits per heavy atom. The Morgan fingerprint density at radius 3 is 2.74 bits per heavy atom. The van der Waals surface area contributed by atoms with Crippen LogP contribution in [0.1, 0.15) is 6.92 Å². The lowest BCUT2D eigenvalue weighted by Gasteiger charge is -2.03. The Balaban J connectivity index is 0.00000192. The van der Waals surface area contributed by atoms with E-state index in [-0.39, 0.29) is 17.3 Å². The highest BCUT2D eigenvalue weighted by molar-refractivity contribution is 7.84. The first-order valence-corrected chi connectivity index (χ1v) is 8.01. The molecule has 8 nitrogen and oxygen atoms in total. The van der Waals surface area contributed by atoms with Crippen molar-refractivity contribution >= 4 is 28.3 Å². The minimum atomic E-state index is -1.09. The SMILES string of the molecule is CC(=O)Nc1nc2ccc(-c3cncc(S(C)=O)c3)cn2n1.O. The van der Waals surface area contributed by atoms with E-state index >= 15 is 0 Å². The van der Waals surface area contributed by atoms with Gasteiger partial charge >= 0.3 is 0 Å². The first-order valence-electron chi connectivity index (χ1n) is 6.46. The van der Waals surface area contributed by atoms with Crippen molar-refractivity contribution in [3.63, 3.8) is 0 Å². The fourth-order valence-corrected chi connectivity index (χ4v) is 2.50. The van der Waals surface area contributed by atoms with Gasteiger partial charge in [0, 0.05) is 42.9 Å². The molecule has 1 atom stereocenters. The number of amides is 1. The van der Waals surface area contributed by atoms with Crippen molar-refractivity contribution in [3.8, 4) is 11.1 Å². The summed E-state index contributed by atoms with van der Waals surface area (Å²) in [6, 6.07) is 5.50. The topological polar surface area (TPSA) is 121 Å². The van der Waals surface area contributed by atoms with Gasteiger partial charge in [-0.15, -0.1) is 5.10 Å². The first-order chi connectivity index (χ1) is 10.5. The molecule has 3 aromatic rings. The highest BCUT2D eigenvalue weighted by Crippen LogP contribution is 2.21. The molecule has 0 aliphatic rings. The van der Waals surface area contributed by atoms with E-state index in [9.17, 15) is 9.00 Å².